The van der Waals surface area contributed by atoms with Gasteiger partial charge in [-0.1, -0.05) is 6.07 Å². The van der Waals surface area contributed by atoms with Gasteiger partial charge in [0.2, 0.25) is 0 Å². The first-order chi connectivity index (χ1) is 9.09. The van der Waals surface area contributed by atoms with Gasteiger partial charge in [0.25, 0.3) is 5.91 Å². The van der Waals surface area contributed by atoms with Gasteiger partial charge >= 0.3 is 0 Å². The van der Waals surface area contributed by atoms with Crippen molar-refractivity contribution in [3.8, 4) is 11.5 Å². The van der Waals surface area contributed by atoms with E-state index in [1.807, 2.05) is 0 Å². The molecule has 5 heteroatoms. The van der Waals surface area contributed by atoms with Crippen LogP contribution in [0.15, 0.2) is 18.2 Å². The van der Waals surface area contributed by atoms with E-state index in [1.165, 1.54) is 0 Å². The topological polar surface area (TPSA) is 59.0 Å². The fraction of sp³-hybridized carbons (Fsp3) is 0.500. The van der Waals surface area contributed by atoms with E-state index in [9.17, 15) is 9.90 Å². The molecule has 0 bridgehead atoms. The van der Waals surface area contributed by atoms with Crippen molar-refractivity contribution in [2.24, 2.45) is 0 Å². The van der Waals surface area contributed by atoms with Crippen LogP contribution in [0.1, 0.15) is 23.7 Å². The first-order valence-electron chi connectivity index (χ1n) is 6.41. The number of aliphatic hydroxyl groups is 1. The third kappa shape index (κ3) is 3.17. The molecule has 1 aliphatic heterocycles. The number of carbonyl (C=O) groups is 1. The highest BCUT2D eigenvalue weighted by Crippen LogP contribution is 2.34. The van der Waals surface area contributed by atoms with Gasteiger partial charge < -0.3 is 19.5 Å². The summed E-state index contributed by atoms with van der Waals surface area (Å²) in [5.41, 5.74) is 0.505. The lowest BCUT2D eigenvalue weighted by Gasteiger charge is -2.23. The lowest BCUT2D eigenvalue weighted by Crippen LogP contribution is -2.30. The normalized spacial score (nSPS) is 14.9. The van der Waals surface area contributed by atoms with E-state index in [2.05, 4.69) is 0 Å². The molecule has 1 N–H and O–H groups in total. The average molecular weight is 265 g/mol. The molecular formula is C14H19NO4. The maximum Gasteiger partial charge on any atom is 0.257 e. The number of carbonyl (C=O) groups excluding carboxylic acids is 1. The standard InChI is InChI=1S/C14H19NO4/c1-10(16)6-7-15(2)14(17)11-4-3-5-12-13(11)19-9-8-18-12/h3-5,10,16H,6-9H2,1-2H3. The molecule has 1 atom stereocenters. The largest absolute Gasteiger partial charge is 0.486 e. The van der Waals surface area contributed by atoms with Gasteiger partial charge in [-0.05, 0) is 25.5 Å². The first kappa shape index (κ1) is 13.7. The third-order valence-corrected chi connectivity index (χ3v) is 3.03. The molecule has 0 spiro atoms. The van der Waals surface area contributed by atoms with Crippen LogP contribution in [-0.2, 0) is 0 Å². The Morgan fingerprint density at radius 1 is 1.42 bits per heavy atom. The second-order valence-electron chi connectivity index (χ2n) is 4.69. The first-order valence-corrected chi connectivity index (χ1v) is 6.41. The Bertz CT molecular complexity index is 459. The van der Waals surface area contributed by atoms with Crippen molar-refractivity contribution in [1.29, 1.82) is 0 Å². The fourth-order valence-electron chi connectivity index (χ4n) is 1.93. The van der Waals surface area contributed by atoms with Crippen LogP contribution in [0, 0.1) is 0 Å². The molecule has 0 saturated carbocycles. The van der Waals surface area contributed by atoms with Crippen LogP contribution in [0.5, 0.6) is 11.5 Å². The predicted octanol–water partition coefficient (Wildman–Crippen LogP) is 1.30. The Labute approximate surface area is 112 Å². The summed E-state index contributed by atoms with van der Waals surface area (Å²) in [4.78, 5) is 13.9. The third-order valence-electron chi connectivity index (χ3n) is 3.03. The second kappa shape index (κ2) is 5.93. The maximum absolute atomic E-state index is 12.3. The summed E-state index contributed by atoms with van der Waals surface area (Å²) in [5.74, 6) is 1.01. The summed E-state index contributed by atoms with van der Waals surface area (Å²) in [7, 11) is 1.72. The predicted molar refractivity (Wildman–Crippen MR) is 70.7 cm³/mol. The Morgan fingerprint density at radius 3 is 2.89 bits per heavy atom. The quantitative estimate of drug-likeness (QED) is 0.891. The molecule has 1 amide bonds. The highest BCUT2D eigenvalue weighted by atomic mass is 16.6. The van der Waals surface area contributed by atoms with Crippen LogP contribution >= 0.6 is 0 Å². The van der Waals surface area contributed by atoms with Crippen LogP contribution in [0.2, 0.25) is 0 Å². The summed E-state index contributed by atoms with van der Waals surface area (Å²) in [5, 5.41) is 9.26. The zero-order valence-corrected chi connectivity index (χ0v) is 11.3. The molecule has 0 fully saturated rings. The summed E-state index contributed by atoms with van der Waals surface area (Å²) < 4.78 is 11.0. The molecular weight excluding hydrogens is 246 g/mol. The minimum absolute atomic E-state index is 0.122. The average Bonchev–Trinajstić information content (AvgIpc) is 2.43. The summed E-state index contributed by atoms with van der Waals surface area (Å²) >= 11 is 0. The van der Waals surface area contributed by atoms with Crippen molar-refractivity contribution in [1.82, 2.24) is 4.90 Å². The van der Waals surface area contributed by atoms with Gasteiger partial charge in [-0.25, -0.2) is 0 Å². The minimum Gasteiger partial charge on any atom is -0.486 e. The highest BCUT2D eigenvalue weighted by Gasteiger charge is 2.22. The Morgan fingerprint density at radius 2 is 2.16 bits per heavy atom. The van der Waals surface area contributed by atoms with Gasteiger partial charge in [-0.3, -0.25) is 4.79 Å². The number of hydrogen-bond donors (Lipinski definition) is 1. The molecule has 19 heavy (non-hydrogen) atoms. The Kier molecular flexibility index (Phi) is 4.27. The van der Waals surface area contributed by atoms with Gasteiger partial charge in [-0.2, -0.15) is 0 Å². The van der Waals surface area contributed by atoms with Crippen molar-refractivity contribution >= 4 is 5.91 Å². The monoisotopic (exact) mass is 265 g/mol. The van der Waals surface area contributed by atoms with E-state index >= 15 is 0 Å². The molecule has 0 aromatic heterocycles. The number of nitrogens with zero attached hydrogens (tertiary/aromatic N) is 1. The number of ether oxygens (including phenoxy) is 2. The molecule has 1 unspecified atom stereocenters. The molecule has 1 aliphatic rings. The number of hydrogen-bond acceptors (Lipinski definition) is 4. The van der Waals surface area contributed by atoms with Crippen molar-refractivity contribution in [2.45, 2.75) is 19.4 Å². The molecule has 0 radical (unpaired) electrons. The SMILES string of the molecule is CC(O)CCN(C)C(=O)c1cccc2c1OCCO2. The zero-order valence-electron chi connectivity index (χ0n) is 11.3. The van der Waals surface area contributed by atoms with Crippen LogP contribution in [-0.4, -0.2) is 48.8 Å². The van der Waals surface area contributed by atoms with E-state index in [0.717, 1.165) is 0 Å². The highest BCUT2D eigenvalue weighted by molar-refractivity contribution is 5.97. The molecule has 0 saturated heterocycles. The van der Waals surface area contributed by atoms with E-state index < -0.39 is 6.10 Å². The molecule has 104 valence electrons. The van der Waals surface area contributed by atoms with Crippen molar-refractivity contribution in [2.75, 3.05) is 26.8 Å². The van der Waals surface area contributed by atoms with E-state index in [1.54, 1.807) is 37.1 Å². The maximum atomic E-state index is 12.3. The molecule has 1 aromatic rings. The van der Waals surface area contributed by atoms with E-state index in [-0.39, 0.29) is 5.91 Å². The minimum atomic E-state index is -0.417. The van der Waals surface area contributed by atoms with Crippen LogP contribution < -0.4 is 9.47 Å². The van der Waals surface area contributed by atoms with Crippen molar-refractivity contribution in [3.63, 3.8) is 0 Å². The number of para-hydroxylation sites is 1. The fourth-order valence-corrected chi connectivity index (χ4v) is 1.93. The number of amides is 1. The number of fused-ring (bicyclic) bond motifs is 1. The van der Waals surface area contributed by atoms with Gasteiger partial charge in [0.05, 0.1) is 11.7 Å². The van der Waals surface area contributed by atoms with Crippen LogP contribution in [0.4, 0.5) is 0 Å². The van der Waals surface area contributed by atoms with Gasteiger partial charge in [0.1, 0.15) is 13.2 Å². The zero-order chi connectivity index (χ0) is 13.8. The molecule has 1 aromatic carbocycles. The number of aliphatic hydroxyl groups excluding tert-OH is 1. The summed E-state index contributed by atoms with van der Waals surface area (Å²) in [6, 6.07) is 5.30. The lowest BCUT2D eigenvalue weighted by atomic mass is 10.1. The number of rotatable bonds is 4. The smallest absolute Gasteiger partial charge is 0.257 e. The van der Waals surface area contributed by atoms with Crippen LogP contribution in [0.25, 0.3) is 0 Å². The second-order valence-corrected chi connectivity index (χ2v) is 4.69. The van der Waals surface area contributed by atoms with Crippen molar-refractivity contribution < 1.29 is 19.4 Å². The molecule has 0 aliphatic carbocycles. The lowest BCUT2D eigenvalue weighted by molar-refractivity contribution is 0.0758. The van der Waals surface area contributed by atoms with Gasteiger partial charge in [0, 0.05) is 13.6 Å². The molecule has 1 heterocycles. The van der Waals surface area contributed by atoms with E-state index in [4.69, 9.17) is 9.47 Å². The van der Waals surface area contributed by atoms with Crippen LogP contribution in [0.3, 0.4) is 0 Å². The molecule has 5 nitrogen and oxygen atoms in total. The van der Waals surface area contributed by atoms with Crippen molar-refractivity contribution in [3.05, 3.63) is 23.8 Å². The number of benzene rings is 1. The summed E-state index contributed by atoms with van der Waals surface area (Å²) in [6.45, 7) is 3.16. The Hall–Kier alpha value is -1.75. The van der Waals surface area contributed by atoms with Gasteiger partial charge in [0.15, 0.2) is 11.5 Å². The van der Waals surface area contributed by atoms with Gasteiger partial charge in [-0.15, -0.1) is 0 Å². The summed E-state index contributed by atoms with van der Waals surface area (Å²) in [6.07, 6.45) is 0.133. The molecule has 2 rings (SSSR count). The van der Waals surface area contributed by atoms with E-state index in [0.29, 0.717) is 43.2 Å². The Balaban J connectivity index is 2.15.